The molecule has 0 aliphatic heterocycles. The summed E-state index contributed by atoms with van der Waals surface area (Å²) in [7, 11) is -0.713. The molecule has 0 spiro atoms. The number of ether oxygens (including phenoxy) is 2. The number of nitrogens with zero attached hydrogens (tertiary/aromatic N) is 4. The van der Waals surface area contributed by atoms with Crippen LogP contribution in [0.4, 0.5) is 33.5 Å². The van der Waals surface area contributed by atoms with Crippen LogP contribution >= 0.6 is 23.6 Å². The van der Waals surface area contributed by atoms with Crippen molar-refractivity contribution in [3.8, 4) is 11.5 Å². The fourth-order valence-corrected chi connectivity index (χ4v) is 6.29. The number of rotatable bonds is 9. The maximum Gasteiger partial charge on any atom is 0.339 e. The molecule has 0 saturated heterocycles. The zero-order chi connectivity index (χ0) is 30.8. The number of nitrogens with one attached hydrogen (secondary N) is 6. The van der Waals surface area contributed by atoms with Crippen molar-refractivity contribution in [2.75, 3.05) is 40.6 Å². The van der Waals surface area contributed by atoms with Gasteiger partial charge in [0.25, 0.3) is 10.0 Å². The van der Waals surface area contributed by atoms with Crippen molar-refractivity contribution < 1.29 is 22.9 Å². The summed E-state index contributed by atoms with van der Waals surface area (Å²) in [5.41, 5.74) is 7.92. The zero-order valence-electron chi connectivity index (χ0n) is 23.0. The molecule has 0 atom stereocenters. The average molecular weight is 651 g/mol. The quantitative estimate of drug-likeness (QED) is 0.123. The molecule has 8 N–H and O–H groups in total. The van der Waals surface area contributed by atoms with Crippen LogP contribution in [0.15, 0.2) is 66.0 Å². The lowest BCUT2D eigenvalue weighted by molar-refractivity contribution is -0.353. The van der Waals surface area contributed by atoms with Crippen LogP contribution in [0.2, 0.25) is 0 Å². The minimum Gasteiger partial charge on any atom is -0.493 e. The summed E-state index contributed by atoms with van der Waals surface area (Å²) >= 11 is 6.80. The second-order valence-electron chi connectivity index (χ2n) is 9.02. The number of H-pyrrole nitrogens is 2. The van der Waals surface area contributed by atoms with E-state index in [9.17, 15) is 8.42 Å². The Balaban J connectivity index is 1.15. The zero-order valence-corrected chi connectivity index (χ0v) is 25.4. The molecule has 0 aliphatic rings. The number of hydrogen-bond donors (Lipinski definition) is 6. The number of fused-ring (bicyclic) bond motifs is 3. The van der Waals surface area contributed by atoms with E-state index in [1.807, 2.05) is 12.1 Å². The Labute approximate surface area is 259 Å². The fourth-order valence-electron chi connectivity index (χ4n) is 4.28. The highest BCUT2D eigenvalue weighted by atomic mass is 32.2. The molecule has 4 aromatic heterocycles. The van der Waals surface area contributed by atoms with Gasteiger partial charge in [-0.2, -0.15) is 9.97 Å². The molecule has 18 heteroatoms. The predicted molar refractivity (Wildman–Crippen MR) is 172 cm³/mol. The number of sulfonamides is 1. The maximum absolute atomic E-state index is 12.6. The molecule has 4 heterocycles. The Morgan fingerprint density at radius 1 is 1.05 bits per heavy atom. The van der Waals surface area contributed by atoms with E-state index in [0.29, 0.717) is 43.9 Å². The van der Waals surface area contributed by atoms with Gasteiger partial charge in [0.15, 0.2) is 16.6 Å². The van der Waals surface area contributed by atoms with Gasteiger partial charge >= 0.3 is 5.13 Å². The molecule has 15 nitrogen and oxygen atoms in total. The third-order valence-electron chi connectivity index (χ3n) is 6.20. The van der Waals surface area contributed by atoms with Crippen molar-refractivity contribution in [1.29, 1.82) is 0 Å². The molecule has 0 amide bonds. The van der Waals surface area contributed by atoms with Crippen LogP contribution in [0.3, 0.4) is 0 Å². The Hall–Kier alpha value is -5.33. The first-order valence-corrected chi connectivity index (χ1v) is 15.4. The lowest BCUT2D eigenvalue weighted by Crippen LogP contribution is -2.19. The summed E-state index contributed by atoms with van der Waals surface area (Å²) in [6.07, 6.45) is 4.62. The van der Waals surface area contributed by atoms with Gasteiger partial charge in [-0.3, -0.25) is 0 Å². The molecule has 2 aromatic carbocycles. The van der Waals surface area contributed by atoms with Crippen LogP contribution in [0.5, 0.6) is 11.5 Å². The monoisotopic (exact) mass is 650 g/mol. The topological polar surface area (TPSA) is 208 Å². The highest BCUT2D eigenvalue weighted by Crippen LogP contribution is 2.38. The van der Waals surface area contributed by atoms with Gasteiger partial charge in [-0.05, 0) is 60.0 Å². The summed E-state index contributed by atoms with van der Waals surface area (Å²) in [5, 5.41) is 12.6. The molecule has 0 saturated carbocycles. The predicted octanol–water partition coefficient (Wildman–Crippen LogP) is 3.73. The molecule has 0 radical (unpaired) electrons. The minimum atomic E-state index is -3.85. The number of thiazole rings is 1. The van der Waals surface area contributed by atoms with Gasteiger partial charge in [0, 0.05) is 29.5 Å². The molecule has 44 heavy (non-hydrogen) atoms. The lowest BCUT2D eigenvalue weighted by atomic mass is 10.2. The summed E-state index contributed by atoms with van der Waals surface area (Å²) in [6.45, 7) is 0. The third kappa shape index (κ3) is 5.93. The second-order valence-corrected chi connectivity index (χ2v) is 12.2. The first kappa shape index (κ1) is 28.8. The van der Waals surface area contributed by atoms with Gasteiger partial charge in [0.2, 0.25) is 17.7 Å². The smallest absolute Gasteiger partial charge is 0.339 e. The number of anilines is 6. The first-order valence-electron chi connectivity index (χ1n) is 12.7. The van der Waals surface area contributed by atoms with Crippen LogP contribution < -0.4 is 40.9 Å². The number of aromatic amines is 2. The van der Waals surface area contributed by atoms with Crippen molar-refractivity contribution >= 4 is 94.2 Å². The number of methoxy groups -OCH3 is 2. The van der Waals surface area contributed by atoms with Gasteiger partial charge in [-0.15, -0.1) is 0 Å². The van der Waals surface area contributed by atoms with E-state index in [2.05, 4.69) is 50.6 Å². The Morgan fingerprint density at radius 2 is 1.77 bits per heavy atom. The summed E-state index contributed by atoms with van der Waals surface area (Å²) < 4.78 is 38.5. The third-order valence-corrected chi connectivity index (χ3v) is 8.61. The lowest BCUT2D eigenvalue weighted by Gasteiger charge is -2.10. The number of nitrogen functional groups attached to an aromatic ring is 1. The van der Waals surface area contributed by atoms with E-state index in [0.717, 1.165) is 16.3 Å². The highest BCUT2D eigenvalue weighted by Gasteiger charge is 2.21. The van der Waals surface area contributed by atoms with Gasteiger partial charge in [0.1, 0.15) is 16.8 Å². The Morgan fingerprint density at radius 3 is 2.50 bits per heavy atom. The molecular weight excluding hydrogens is 627 g/mol. The van der Waals surface area contributed by atoms with Crippen LogP contribution in [0.1, 0.15) is 0 Å². The normalized spacial score (nSPS) is 11.3. The Bertz CT molecular complexity index is 2100. The number of hydrogen-bond acceptors (Lipinski definition) is 12. The molecule has 0 unspecified atom stereocenters. The van der Waals surface area contributed by atoms with Crippen molar-refractivity contribution in [2.45, 2.75) is 4.90 Å². The van der Waals surface area contributed by atoms with Crippen molar-refractivity contribution in [3.63, 3.8) is 0 Å². The molecule has 6 aromatic rings. The first-order chi connectivity index (χ1) is 21.2. The summed E-state index contributed by atoms with van der Waals surface area (Å²) in [4.78, 5) is 23.0. The number of nitrogens with two attached hydrogens (primary N) is 1. The van der Waals surface area contributed by atoms with Crippen LogP contribution in [-0.2, 0) is 10.0 Å². The molecule has 224 valence electrons. The fraction of sp³-hybridized carbons (Fsp3) is 0.0769. The molecular formula is C26H24N11O4S3+. The van der Waals surface area contributed by atoms with Crippen LogP contribution in [-0.4, -0.2) is 52.7 Å². The van der Waals surface area contributed by atoms with Gasteiger partial charge in [0.05, 0.1) is 30.0 Å². The summed E-state index contributed by atoms with van der Waals surface area (Å²) in [5.74, 6) is 1.70. The number of benzene rings is 2. The van der Waals surface area contributed by atoms with Gasteiger partial charge in [-0.25, -0.2) is 33.4 Å². The standard InChI is InChI=1S/C26H23N11O4S3/c1-40-17-10-15-16(11-18(17)41-2)32-21-20(15)22(35-23(27)34-21)36-26-30-12-19(43-26)33-25(42)31-13-4-6-14(7-5-13)44(38,39)37-24-28-8-3-9-29-24/h3-12H,1-2H3,(H,28,29,37)(H2,31,33,42)(H4,27,30,32,34,35,36)/p+1. The second kappa shape index (κ2) is 11.7. The molecule has 0 bridgehead atoms. The van der Waals surface area contributed by atoms with Gasteiger partial charge in [-0.1, -0.05) is 0 Å². The van der Waals surface area contributed by atoms with Crippen molar-refractivity contribution in [3.05, 3.63) is 61.1 Å². The van der Waals surface area contributed by atoms with E-state index >= 15 is 0 Å². The van der Waals surface area contributed by atoms with E-state index in [-0.39, 0.29) is 16.8 Å². The van der Waals surface area contributed by atoms with Crippen LogP contribution in [0.25, 0.3) is 21.9 Å². The Kier molecular flexibility index (Phi) is 7.68. The highest BCUT2D eigenvalue weighted by molar-refractivity contribution is 7.92. The maximum atomic E-state index is 12.6. The summed E-state index contributed by atoms with van der Waals surface area (Å²) in [6, 6.07) is 11.4. The van der Waals surface area contributed by atoms with E-state index in [1.54, 1.807) is 38.6 Å². The molecule has 0 fully saturated rings. The minimum absolute atomic E-state index is 0.0170. The number of aromatic nitrogens is 6. The van der Waals surface area contributed by atoms with Crippen molar-refractivity contribution in [2.24, 2.45) is 0 Å². The van der Waals surface area contributed by atoms with Crippen molar-refractivity contribution in [1.82, 2.24) is 24.9 Å². The average Bonchev–Trinajstić information content (AvgIpc) is 3.59. The SMILES string of the molecule is COc1cc2[nH]c3nc(N)nc(Nc4[nH+]cc(NC(=S)Nc5ccc(S(=O)(=O)Nc6ncccn6)cc5)s4)c3c2cc1OC. The van der Waals surface area contributed by atoms with E-state index in [1.165, 1.54) is 35.9 Å². The largest absolute Gasteiger partial charge is 0.493 e. The van der Waals surface area contributed by atoms with Crippen LogP contribution in [0, 0.1) is 0 Å². The van der Waals surface area contributed by atoms with Gasteiger partial charge < -0.3 is 30.8 Å². The molecule has 6 rings (SSSR count). The number of thiocarbonyl (C=S) groups is 1. The van der Waals surface area contributed by atoms with E-state index in [4.69, 9.17) is 27.4 Å². The molecule has 0 aliphatic carbocycles. The van der Waals surface area contributed by atoms with E-state index < -0.39 is 10.0 Å².